The standard InChI is InChI=1S/C22H33N5O3S.HI/c1-4-23-22(25-16-19-14-21(17(2)3)26-30-19)24-15-18-8-10-20(11-9-18)31(28,29)27-12-6-5-7-13-27;/h8-11,14,17H,4-7,12-13,15-16H2,1-3H3,(H2,23,24,25);1H. The van der Waals surface area contributed by atoms with E-state index in [-0.39, 0.29) is 24.0 Å². The highest BCUT2D eigenvalue weighted by Crippen LogP contribution is 2.21. The predicted octanol–water partition coefficient (Wildman–Crippen LogP) is 3.85. The first-order valence-corrected chi connectivity index (χ1v) is 12.4. The number of guanidine groups is 1. The van der Waals surface area contributed by atoms with Crippen LogP contribution in [0.25, 0.3) is 0 Å². The molecule has 32 heavy (non-hydrogen) atoms. The van der Waals surface area contributed by atoms with Gasteiger partial charge in [-0.25, -0.2) is 13.4 Å². The minimum absolute atomic E-state index is 0. The number of piperidine rings is 1. The molecule has 3 rings (SSSR count). The van der Waals surface area contributed by atoms with Crippen molar-refractivity contribution < 1.29 is 12.9 Å². The second kappa shape index (κ2) is 12.5. The van der Waals surface area contributed by atoms with Crippen LogP contribution < -0.4 is 10.6 Å². The number of halogens is 1. The smallest absolute Gasteiger partial charge is 0.243 e. The maximum absolute atomic E-state index is 12.8. The summed E-state index contributed by atoms with van der Waals surface area (Å²) in [5.41, 5.74) is 1.87. The molecular formula is C22H34IN5O3S. The van der Waals surface area contributed by atoms with Gasteiger partial charge in [0, 0.05) is 25.7 Å². The normalized spacial score (nSPS) is 15.4. The van der Waals surface area contributed by atoms with E-state index in [1.807, 2.05) is 25.1 Å². The lowest BCUT2D eigenvalue weighted by Crippen LogP contribution is -2.36. The second-order valence-corrected chi connectivity index (χ2v) is 9.97. The van der Waals surface area contributed by atoms with E-state index in [0.717, 1.165) is 42.8 Å². The first-order valence-electron chi connectivity index (χ1n) is 11.0. The lowest BCUT2D eigenvalue weighted by Gasteiger charge is -2.25. The van der Waals surface area contributed by atoms with Crippen molar-refractivity contribution in [3.05, 3.63) is 47.3 Å². The summed E-state index contributed by atoms with van der Waals surface area (Å²) in [6, 6.07) is 8.96. The van der Waals surface area contributed by atoms with E-state index >= 15 is 0 Å². The van der Waals surface area contributed by atoms with Gasteiger partial charge in [-0.1, -0.05) is 37.6 Å². The van der Waals surface area contributed by atoms with E-state index in [2.05, 4.69) is 34.6 Å². The van der Waals surface area contributed by atoms with E-state index in [4.69, 9.17) is 4.52 Å². The Hall–Kier alpha value is -1.66. The summed E-state index contributed by atoms with van der Waals surface area (Å²) < 4.78 is 32.5. The van der Waals surface area contributed by atoms with Crippen LogP contribution in [-0.4, -0.2) is 43.5 Å². The number of aliphatic imine (C=N–C) groups is 1. The van der Waals surface area contributed by atoms with Crippen molar-refractivity contribution in [1.82, 2.24) is 20.1 Å². The van der Waals surface area contributed by atoms with E-state index in [0.29, 0.717) is 43.0 Å². The van der Waals surface area contributed by atoms with Gasteiger partial charge in [-0.15, -0.1) is 24.0 Å². The molecule has 0 spiro atoms. The van der Waals surface area contributed by atoms with Gasteiger partial charge in [-0.05, 0) is 43.4 Å². The van der Waals surface area contributed by atoms with Crippen molar-refractivity contribution in [2.75, 3.05) is 19.6 Å². The third kappa shape index (κ3) is 7.17. The molecule has 8 nitrogen and oxygen atoms in total. The van der Waals surface area contributed by atoms with Crippen molar-refractivity contribution in [2.45, 2.75) is 63.9 Å². The molecule has 178 valence electrons. The van der Waals surface area contributed by atoms with E-state index in [1.54, 1.807) is 16.4 Å². The molecule has 0 aliphatic carbocycles. The number of rotatable bonds is 8. The van der Waals surface area contributed by atoms with E-state index < -0.39 is 10.0 Å². The molecule has 0 unspecified atom stereocenters. The zero-order valence-corrected chi connectivity index (χ0v) is 22.2. The summed E-state index contributed by atoms with van der Waals surface area (Å²) in [6.45, 7) is 9.01. The third-order valence-electron chi connectivity index (χ3n) is 5.24. The zero-order chi connectivity index (χ0) is 22.3. The summed E-state index contributed by atoms with van der Waals surface area (Å²) >= 11 is 0. The minimum atomic E-state index is -3.41. The molecule has 2 aromatic rings. The van der Waals surface area contributed by atoms with Crippen molar-refractivity contribution in [3.63, 3.8) is 0 Å². The quantitative estimate of drug-likeness (QED) is 0.282. The molecule has 1 aromatic carbocycles. The van der Waals surface area contributed by atoms with Gasteiger partial charge in [0.15, 0.2) is 11.7 Å². The highest BCUT2D eigenvalue weighted by molar-refractivity contribution is 14.0. The number of benzene rings is 1. The Bertz CT molecular complexity index is 968. The molecule has 2 N–H and O–H groups in total. The average molecular weight is 576 g/mol. The SMILES string of the molecule is CCNC(=NCc1ccc(S(=O)(=O)N2CCCCC2)cc1)NCc1cc(C(C)C)no1.I. The Labute approximate surface area is 208 Å². The molecule has 0 amide bonds. The van der Waals surface area contributed by atoms with Crippen LogP contribution in [-0.2, 0) is 23.1 Å². The molecule has 1 aliphatic heterocycles. The van der Waals surface area contributed by atoms with E-state index in [9.17, 15) is 8.42 Å². The van der Waals surface area contributed by atoms with Crippen LogP contribution in [0.15, 0.2) is 44.7 Å². The summed E-state index contributed by atoms with van der Waals surface area (Å²) in [6.07, 6.45) is 2.96. The highest BCUT2D eigenvalue weighted by atomic mass is 127. The summed E-state index contributed by atoms with van der Waals surface area (Å²) in [5.74, 6) is 1.73. The minimum Gasteiger partial charge on any atom is -0.359 e. The van der Waals surface area contributed by atoms with Gasteiger partial charge in [-0.3, -0.25) is 0 Å². The molecule has 0 bridgehead atoms. The fraction of sp³-hybridized carbons (Fsp3) is 0.545. The molecule has 0 saturated carbocycles. The molecule has 0 atom stereocenters. The largest absolute Gasteiger partial charge is 0.359 e. The molecule has 10 heteroatoms. The summed E-state index contributed by atoms with van der Waals surface area (Å²) in [4.78, 5) is 4.94. The second-order valence-electron chi connectivity index (χ2n) is 8.03. The number of hydrogen-bond donors (Lipinski definition) is 2. The molecule has 1 aliphatic rings. The van der Waals surface area contributed by atoms with Crippen LogP contribution in [0.3, 0.4) is 0 Å². The maximum atomic E-state index is 12.8. The van der Waals surface area contributed by atoms with Gasteiger partial charge in [0.05, 0.1) is 23.7 Å². The summed E-state index contributed by atoms with van der Waals surface area (Å²) in [7, 11) is -3.41. The Morgan fingerprint density at radius 3 is 2.44 bits per heavy atom. The van der Waals surface area contributed by atoms with Crippen molar-refractivity contribution >= 4 is 40.0 Å². The number of nitrogens with zero attached hydrogens (tertiary/aromatic N) is 3. The number of hydrogen-bond acceptors (Lipinski definition) is 5. The van der Waals surface area contributed by atoms with Gasteiger partial charge < -0.3 is 15.2 Å². The average Bonchev–Trinajstić information content (AvgIpc) is 3.26. The van der Waals surface area contributed by atoms with Gasteiger partial charge in [0.1, 0.15) is 0 Å². The number of sulfonamides is 1. The number of aromatic nitrogens is 1. The first-order chi connectivity index (χ1) is 14.9. The van der Waals surface area contributed by atoms with Crippen LogP contribution >= 0.6 is 24.0 Å². The monoisotopic (exact) mass is 575 g/mol. The highest BCUT2D eigenvalue weighted by Gasteiger charge is 2.25. The molecule has 0 radical (unpaired) electrons. The molecule has 1 fully saturated rings. The topological polar surface area (TPSA) is 99.8 Å². The lowest BCUT2D eigenvalue weighted by molar-refractivity contribution is 0.346. The molecule has 1 aromatic heterocycles. The van der Waals surface area contributed by atoms with Crippen molar-refractivity contribution in [2.24, 2.45) is 4.99 Å². The van der Waals surface area contributed by atoms with Crippen LogP contribution in [0, 0.1) is 0 Å². The fourth-order valence-corrected chi connectivity index (χ4v) is 4.91. The Balaban J connectivity index is 0.00000363. The van der Waals surface area contributed by atoms with Gasteiger partial charge in [-0.2, -0.15) is 4.31 Å². The van der Waals surface area contributed by atoms with E-state index in [1.165, 1.54) is 0 Å². The van der Waals surface area contributed by atoms with Crippen LogP contribution in [0.5, 0.6) is 0 Å². The van der Waals surface area contributed by atoms with Crippen LogP contribution in [0.2, 0.25) is 0 Å². The van der Waals surface area contributed by atoms with Gasteiger partial charge >= 0.3 is 0 Å². The Morgan fingerprint density at radius 1 is 1.16 bits per heavy atom. The predicted molar refractivity (Wildman–Crippen MR) is 137 cm³/mol. The van der Waals surface area contributed by atoms with Crippen LogP contribution in [0.4, 0.5) is 0 Å². The zero-order valence-electron chi connectivity index (χ0n) is 19.0. The lowest BCUT2D eigenvalue weighted by atomic mass is 10.1. The van der Waals surface area contributed by atoms with Crippen molar-refractivity contribution in [1.29, 1.82) is 0 Å². The Kier molecular flexibility index (Phi) is 10.4. The summed E-state index contributed by atoms with van der Waals surface area (Å²) in [5, 5.41) is 10.5. The van der Waals surface area contributed by atoms with Crippen molar-refractivity contribution in [3.8, 4) is 0 Å². The fourth-order valence-electron chi connectivity index (χ4n) is 3.39. The maximum Gasteiger partial charge on any atom is 0.243 e. The van der Waals surface area contributed by atoms with Crippen LogP contribution in [0.1, 0.15) is 63.0 Å². The Morgan fingerprint density at radius 2 is 1.84 bits per heavy atom. The number of nitrogens with one attached hydrogen (secondary N) is 2. The third-order valence-corrected chi connectivity index (χ3v) is 7.15. The molecule has 1 saturated heterocycles. The first kappa shape index (κ1) is 26.6. The molecular weight excluding hydrogens is 541 g/mol. The van der Waals surface area contributed by atoms with Gasteiger partial charge in [0.2, 0.25) is 10.0 Å². The molecule has 2 heterocycles. The van der Waals surface area contributed by atoms with Gasteiger partial charge in [0.25, 0.3) is 0 Å².